The molecule has 0 aliphatic rings. The summed E-state index contributed by atoms with van der Waals surface area (Å²) < 4.78 is 0. The topological polar surface area (TPSA) is 38.9 Å². The number of hydrogen-bond donors (Lipinski definition) is 1. The van der Waals surface area contributed by atoms with E-state index in [2.05, 4.69) is 18.8 Å². The van der Waals surface area contributed by atoms with Gasteiger partial charge in [-0.3, -0.25) is 0 Å². The Morgan fingerprint density at radius 3 is 2.82 bits per heavy atom. The number of rotatable bonds is 3. The lowest BCUT2D eigenvalue weighted by molar-refractivity contribution is 0.643. The van der Waals surface area contributed by atoms with Gasteiger partial charge in [-0.1, -0.05) is 13.8 Å². The highest BCUT2D eigenvalue weighted by Gasteiger charge is 2.02. The van der Waals surface area contributed by atoms with Crippen LogP contribution in [-0.2, 0) is 13.0 Å². The third-order valence-electron chi connectivity index (χ3n) is 1.39. The Morgan fingerprint density at radius 2 is 2.36 bits per heavy atom. The fourth-order valence-electron chi connectivity index (χ4n) is 0.886. The SMILES string of the molecule is CC(C)Cc1nc(CN)cs1. The summed E-state index contributed by atoms with van der Waals surface area (Å²) in [5.41, 5.74) is 6.46. The van der Waals surface area contributed by atoms with E-state index < -0.39 is 0 Å². The Balaban J connectivity index is 2.58. The van der Waals surface area contributed by atoms with Crippen molar-refractivity contribution >= 4 is 11.3 Å². The van der Waals surface area contributed by atoms with Gasteiger partial charge in [0, 0.05) is 18.3 Å². The molecule has 0 bridgehead atoms. The van der Waals surface area contributed by atoms with Gasteiger partial charge in [-0.2, -0.15) is 0 Å². The average molecular weight is 170 g/mol. The van der Waals surface area contributed by atoms with Gasteiger partial charge in [0.25, 0.3) is 0 Å². The first-order valence-electron chi connectivity index (χ1n) is 3.85. The zero-order valence-corrected chi connectivity index (χ0v) is 7.82. The normalized spacial score (nSPS) is 10.9. The van der Waals surface area contributed by atoms with E-state index >= 15 is 0 Å². The van der Waals surface area contributed by atoms with Crippen LogP contribution in [0, 0.1) is 5.92 Å². The Labute approximate surface area is 71.5 Å². The molecule has 1 aromatic rings. The van der Waals surface area contributed by atoms with Crippen molar-refractivity contribution < 1.29 is 0 Å². The third-order valence-corrected chi connectivity index (χ3v) is 2.31. The van der Waals surface area contributed by atoms with E-state index in [1.54, 1.807) is 11.3 Å². The van der Waals surface area contributed by atoms with Crippen LogP contribution in [0.25, 0.3) is 0 Å². The molecule has 3 heteroatoms. The van der Waals surface area contributed by atoms with Gasteiger partial charge in [0.2, 0.25) is 0 Å². The zero-order chi connectivity index (χ0) is 8.27. The summed E-state index contributed by atoms with van der Waals surface area (Å²) in [6.45, 7) is 4.96. The largest absolute Gasteiger partial charge is 0.325 e. The van der Waals surface area contributed by atoms with E-state index in [4.69, 9.17) is 5.73 Å². The molecular formula is C8H14N2S. The second kappa shape index (κ2) is 3.83. The molecule has 2 nitrogen and oxygen atoms in total. The van der Waals surface area contributed by atoms with E-state index in [0.717, 1.165) is 12.1 Å². The van der Waals surface area contributed by atoms with Crippen molar-refractivity contribution in [1.82, 2.24) is 4.98 Å². The van der Waals surface area contributed by atoms with Crippen LogP contribution >= 0.6 is 11.3 Å². The summed E-state index contributed by atoms with van der Waals surface area (Å²) in [6.07, 6.45) is 1.07. The average Bonchev–Trinajstić information content (AvgIpc) is 2.34. The molecule has 0 saturated heterocycles. The third kappa shape index (κ3) is 2.60. The van der Waals surface area contributed by atoms with Crippen LogP contribution in [0.4, 0.5) is 0 Å². The quantitative estimate of drug-likeness (QED) is 0.751. The molecule has 62 valence electrons. The Hall–Kier alpha value is -0.410. The van der Waals surface area contributed by atoms with Crippen LogP contribution in [0.15, 0.2) is 5.38 Å². The van der Waals surface area contributed by atoms with Crippen molar-refractivity contribution in [2.45, 2.75) is 26.8 Å². The van der Waals surface area contributed by atoms with Crippen LogP contribution in [0.3, 0.4) is 0 Å². The molecule has 0 fully saturated rings. The highest BCUT2D eigenvalue weighted by atomic mass is 32.1. The minimum absolute atomic E-state index is 0.564. The molecule has 0 amide bonds. The number of thiazole rings is 1. The van der Waals surface area contributed by atoms with E-state index in [-0.39, 0.29) is 0 Å². The maximum Gasteiger partial charge on any atom is 0.0931 e. The lowest BCUT2D eigenvalue weighted by Crippen LogP contribution is -1.98. The lowest BCUT2D eigenvalue weighted by Gasteiger charge is -1.98. The zero-order valence-electron chi connectivity index (χ0n) is 7.00. The van der Waals surface area contributed by atoms with Gasteiger partial charge in [-0.25, -0.2) is 4.98 Å². The second-order valence-electron chi connectivity index (χ2n) is 3.03. The van der Waals surface area contributed by atoms with E-state index in [1.165, 1.54) is 5.01 Å². The predicted molar refractivity (Wildman–Crippen MR) is 48.5 cm³/mol. The molecule has 0 aromatic carbocycles. The monoisotopic (exact) mass is 170 g/mol. The molecule has 0 saturated carbocycles. The highest BCUT2D eigenvalue weighted by Crippen LogP contribution is 2.13. The van der Waals surface area contributed by atoms with Gasteiger partial charge in [0.05, 0.1) is 10.7 Å². The molecule has 0 radical (unpaired) electrons. The van der Waals surface area contributed by atoms with Gasteiger partial charge in [-0.15, -0.1) is 11.3 Å². The van der Waals surface area contributed by atoms with E-state index in [1.807, 2.05) is 5.38 Å². The van der Waals surface area contributed by atoms with Crippen molar-refractivity contribution in [3.05, 3.63) is 16.1 Å². The standard InChI is InChI=1S/C8H14N2S/c1-6(2)3-8-10-7(4-9)5-11-8/h5-6H,3-4,9H2,1-2H3. The first-order chi connectivity index (χ1) is 5.22. The van der Waals surface area contributed by atoms with Crippen molar-refractivity contribution in [3.63, 3.8) is 0 Å². The maximum absolute atomic E-state index is 5.44. The van der Waals surface area contributed by atoms with Gasteiger partial charge >= 0.3 is 0 Å². The smallest absolute Gasteiger partial charge is 0.0931 e. The summed E-state index contributed by atoms with van der Waals surface area (Å²) in [5, 5.41) is 3.25. The summed E-state index contributed by atoms with van der Waals surface area (Å²) in [6, 6.07) is 0. The number of nitrogens with zero attached hydrogens (tertiary/aromatic N) is 1. The molecule has 0 aliphatic heterocycles. The molecule has 1 aromatic heterocycles. The van der Waals surface area contributed by atoms with Gasteiger partial charge < -0.3 is 5.73 Å². The Bertz CT molecular complexity index is 218. The molecule has 0 unspecified atom stereocenters. The van der Waals surface area contributed by atoms with Gasteiger partial charge in [0.15, 0.2) is 0 Å². The molecular weight excluding hydrogens is 156 g/mol. The van der Waals surface area contributed by atoms with Crippen molar-refractivity contribution in [1.29, 1.82) is 0 Å². The number of nitrogens with two attached hydrogens (primary N) is 1. The van der Waals surface area contributed by atoms with Crippen LogP contribution < -0.4 is 5.73 Å². The van der Waals surface area contributed by atoms with Crippen molar-refractivity contribution in [3.8, 4) is 0 Å². The second-order valence-corrected chi connectivity index (χ2v) is 3.98. The molecule has 1 rings (SSSR count). The number of hydrogen-bond acceptors (Lipinski definition) is 3. The first kappa shape index (κ1) is 8.68. The lowest BCUT2D eigenvalue weighted by atomic mass is 10.1. The van der Waals surface area contributed by atoms with Crippen LogP contribution in [0.1, 0.15) is 24.5 Å². The molecule has 11 heavy (non-hydrogen) atoms. The minimum atomic E-state index is 0.564. The molecule has 2 N–H and O–H groups in total. The summed E-state index contributed by atoms with van der Waals surface area (Å²) in [7, 11) is 0. The fraction of sp³-hybridized carbons (Fsp3) is 0.625. The predicted octanol–water partition coefficient (Wildman–Crippen LogP) is 1.80. The maximum atomic E-state index is 5.44. The van der Waals surface area contributed by atoms with Gasteiger partial charge in [0.1, 0.15) is 0 Å². The minimum Gasteiger partial charge on any atom is -0.325 e. The Kier molecular flexibility index (Phi) is 3.02. The van der Waals surface area contributed by atoms with E-state index in [9.17, 15) is 0 Å². The highest BCUT2D eigenvalue weighted by molar-refractivity contribution is 7.09. The summed E-state index contributed by atoms with van der Waals surface area (Å²) in [4.78, 5) is 4.36. The molecule has 0 atom stereocenters. The van der Waals surface area contributed by atoms with Crippen molar-refractivity contribution in [2.75, 3.05) is 0 Å². The van der Waals surface area contributed by atoms with Crippen LogP contribution in [-0.4, -0.2) is 4.98 Å². The fourth-order valence-corrected chi connectivity index (χ4v) is 1.91. The Morgan fingerprint density at radius 1 is 1.64 bits per heavy atom. The molecule has 0 spiro atoms. The number of aromatic nitrogens is 1. The van der Waals surface area contributed by atoms with Crippen molar-refractivity contribution in [2.24, 2.45) is 11.7 Å². The van der Waals surface area contributed by atoms with Gasteiger partial charge in [-0.05, 0) is 5.92 Å². The van der Waals surface area contributed by atoms with E-state index in [0.29, 0.717) is 12.5 Å². The summed E-state index contributed by atoms with van der Waals surface area (Å²) in [5.74, 6) is 0.687. The van der Waals surface area contributed by atoms with Crippen LogP contribution in [0.2, 0.25) is 0 Å². The van der Waals surface area contributed by atoms with Crippen LogP contribution in [0.5, 0.6) is 0 Å². The first-order valence-corrected chi connectivity index (χ1v) is 4.73. The summed E-state index contributed by atoms with van der Waals surface area (Å²) >= 11 is 1.71. The molecule has 1 heterocycles. The molecule has 0 aliphatic carbocycles.